The maximum absolute atomic E-state index is 10.1. The van der Waals surface area contributed by atoms with E-state index in [9.17, 15) is 10.4 Å². The number of aromatic nitrogens is 3. The maximum atomic E-state index is 10.1. The molecule has 2 atom stereocenters. The molecule has 39 heavy (non-hydrogen) atoms. The highest BCUT2D eigenvalue weighted by Gasteiger charge is 2.44. The van der Waals surface area contributed by atoms with Crippen molar-refractivity contribution in [3.05, 3.63) is 72.2 Å². The van der Waals surface area contributed by atoms with Gasteiger partial charge in [0.1, 0.15) is 24.2 Å². The average Bonchev–Trinajstić information content (AvgIpc) is 3.37. The molecule has 7 rings (SSSR count). The van der Waals surface area contributed by atoms with Crippen molar-refractivity contribution in [3.63, 3.8) is 0 Å². The highest BCUT2D eigenvalue weighted by Crippen LogP contribution is 2.37. The fraction of sp³-hybridized carbons (Fsp3) is 0.367. The zero-order valence-electron chi connectivity index (χ0n) is 22.4. The van der Waals surface area contributed by atoms with Crippen molar-refractivity contribution in [2.24, 2.45) is 0 Å². The Morgan fingerprint density at radius 2 is 1.90 bits per heavy atom. The van der Waals surface area contributed by atoms with Gasteiger partial charge in [-0.3, -0.25) is 4.90 Å². The molecule has 3 saturated heterocycles. The van der Waals surface area contributed by atoms with Gasteiger partial charge in [-0.2, -0.15) is 10.4 Å². The number of hydrogen-bond acceptors (Lipinski definition) is 8. The number of piperidine rings is 1. The fourth-order valence-corrected chi connectivity index (χ4v) is 5.95. The van der Waals surface area contributed by atoms with Gasteiger partial charge in [-0.15, -0.1) is 11.8 Å². The van der Waals surface area contributed by atoms with Crippen molar-refractivity contribution in [1.82, 2.24) is 19.5 Å². The molecule has 0 radical (unpaired) electrons. The molecule has 0 aliphatic carbocycles. The van der Waals surface area contributed by atoms with Crippen LogP contribution in [0.4, 0.5) is 5.82 Å². The van der Waals surface area contributed by atoms with Crippen LogP contribution in [0.15, 0.2) is 66.0 Å². The number of fused-ring (bicyclic) bond motifs is 3. The molecule has 3 aliphatic heterocycles. The lowest BCUT2D eigenvalue weighted by atomic mass is 9.86. The van der Waals surface area contributed by atoms with E-state index in [0.717, 1.165) is 36.6 Å². The second kappa shape index (κ2) is 10.2. The zero-order chi connectivity index (χ0) is 27.1. The Labute approximate surface area is 232 Å². The Kier molecular flexibility index (Phi) is 6.71. The number of ether oxygens (including phenoxy) is 1. The van der Waals surface area contributed by atoms with Gasteiger partial charge < -0.3 is 14.7 Å². The lowest BCUT2D eigenvalue weighted by Gasteiger charge is -2.56. The van der Waals surface area contributed by atoms with E-state index in [1.165, 1.54) is 16.9 Å². The molecule has 2 unspecified atom stereocenters. The third-order valence-corrected chi connectivity index (χ3v) is 8.29. The van der Waals surface area contributed by atoms with E-state index in [0.29, 0.717) is 28.9 Å². The standard InChI is InChI=1S/C30H32N6O2S/c1-30(2,37)19-38-25-11-27(29-22(12-31)14-33-36(29)18-25)21-6-9-28(32-13-21)34-16-23-10-24(17-34)35(23)15-20-4-7-26(39-3)8-5-20/h4-9,11,13-14,18,23-24,37H,10,15-17,19H2,1-3H3. The monoisotopic (exact) mass is 540 g/mol. The predicted octanol–water partition coefficient (Wildman–Crippen LogP) is 4.60. The van der Waals surface area contributed by atoms with Crippen LogP contribution in [-0.4, -0.2) is 68.2 Å². The highest BCUT2D eigenvalue weighted by atomic mass is 32.2. The van der Waals surface area contributed by atoms with Gasteiger partial charge in [0.2, 0.25) is 0 Å². The normalized spacial score (nSPS) is 19.1. The van der Waals surface area contributed by atoms with Gasteiger partial charge in [0.25, 0.3) is 0 Å². The summed E-state index contributed by atoms with van der Waals surface area (Å²) in [6.07, 6.45) is 8.51. The minimum absolute atomic E-state index is 0.138. The average molecular weight is 541 g/mol. The molecule has 2 bridgehead atoms. The fourth-order valence-electron chi connectivity index (χ4n) is 5.54. The molecular weight excluding hydrogens is 508 g/mol. The smallest absolute Gasteiger partial charge is 0.138 e. The van der Waals surface area contributed by atoms with Crippen LogP contribution in [-0.2, 0) is 6.54 Å². The number of pyridine rings is 2. The van der Waals surface area contributed by atoms with Crippen LogP contribution < -0.4 is 9.64 Å². The minimum Gasteiger partial charge on any atom is -0.489 e. The van der Waals surface area contributed by atoms with Crippen molar-refractivity contribution in [1.29, 1.82) is 5.26 Å². The summed E-state index contributed by atoms with van der Waals surface area (Å²) in [5.41, 5.74) is 3.30. The highest BCUT2D eigenvalue weighted by molar-refractivity contribution is 7.98. The lowest BCUT2D eigenvalue weighted by Crippen LogP contribution is -2.68. The second-order valence-electron chi connectivity index (χ2n) is 11.0. The van der Waals surface area contributed by atoms with Crippen LogP contribution in [0.5, 0.6) is 5.75 Å². The summed E-state index contributed by atoms with van der Waals surface area (Å²) in [5, 5.41) is 24.1. The summed E-state index contributed by atoms with van der Waals surface area (Å²) in [7, 11) is 0. The summed E-state index contributed by atoms with van der Waals surface area (Å²) in [5.74, 6) is 1.53. The molecule has 3 aromatic heterocycles. The number of piperazine rings is 1. The van der Waals surface area contributed by atoms with E-state index < -0.39 is 5.60 Å². The Balaban J connectivity index is 1.19. The SMILES string of the molecule is CSc1ccc(CN2C3CC2CN(c2ccc(-c4cc(OCC(C)(C)O)cn5ncc(C#N)c45)cn2)C3)cc1. The molecule has 9 heteroatoms. The molecule has 0 spiro atoms. The molecule has 3 fully saturated rings. The largest absolute Gasteiger partial charge is 0.489 e. The molecule has 3 aliphatic rings. The summed E-state index contributed by atoms with van der Waals surface area (Å²) in [6.45, 7) is 6.47. The van der Waals surface area contributed by atoms with Gasteiger partial charge in [0.05, 0.1) is 29.1 Å². The van der Waals surface area contributed by atoms with Crippen molar-refractivity contribution >= 4 is 23.1 Å². The first-order valence-corrected chi connectivity index (χ1v) is 14.4. The van der Waals surface area contributed by atoms with E-state index >= 15 is 0 Å². The number of benzene rings is 1. The quantitative estimate of drug-likeness (QED) is 0.324. The third-order valence-electron chi connectivity index (χ3n) is 7.55. The molecule has 0 saturated carbocycles. The van der Waals surface area contributed by atoms with Crippen molar-refractivity contribution < 1.29 is 9.84 Å². The number of rotatable bonds is 8. The topological polar surface area (TPSA) is 89.9 Å². The Hall–Kier alpha value is -3.58. The zero-order valence-corrected chi connectivity index (χ0v) is 23.2. The van der Waals surface area contributed by atoms with Crippen LogP contribution in [0.1, 0.15) is 31.4 Å². The van der Waals surface area contributed by atoms with E-state index in [-0.39, 0.29) is 6.61 Å². The third kappa shape index (κ3) is 5.20. The van der Waals surface area contributed by atoms with Crippen molar-refractivity contribution in [3.8, 4) is 22.9 Å². The Morgan fingerprint density at radius 3 is 2.54 bits per heavy atom. The van der Waals surface area contributed by atoms with Crippen molar-refractivity contribution in [2.75, 3.05) is 30.9 Å². The van der Waals surface area contributed by atoms with Gasteiger partial charge in [0.15, 0.2) is 0 Å². The van der Waals surface area contributed by atoms with Crippen LogP contribution in [0.25, 0.3) is 16.6 Å². The van der Waals surface area contributed by atoms with Gasteiger partial charge >= 0.3 is 0 Å². The molecular formula is C30H32N6O2S. The van der Waals surface area contributed by atoms with Crippen LogP contribution >= 0.6 is 11.8 Å². The van der Waals surface area contributed by atoms with E-state index in [1.807, 2.05) is 12.3 Å². The molecule has 1 aromatic carbocycles. The molecule has 1 N–H and O–H groups in total. The molecule has 200 valence electrons. The molecule has 8 nitrogen and oxygen atoms in total. The number of thioether (sulfide) groups is 1. The van der Waals surface area contributed by atoms with Crippen LogP contribution in [0.3, 0.4) is 0 Å². The first kappa shape index (κ1) is 25.7. The summed E-state index contributed by atoms with van der Waals surface area (Å²) in [6, 6.07) is 18.2. The first-order chi connectivity index (χ1) is 18.8. The lowest BCUT2D eigenvalue weighted by molar-refractivity contribution is -0.00869. The van der Waals surface area contributed by atoms with Crippen molar-refractivity contribution in [2.45, 2.75) is 49.4 Å². The summed E-state index contributed by atoms with van der Waals surface area (Å²) in [4.78, 5) is 11.1. The minimum atomic E-state index is -0.968. The van der Waals surface area contributed by atoms with Gasteiger partial charge in [0, 0.05) is 53.9 Å². The molecule has 6 heterocycles. The van der Waals surface area contributed by atoms with Gasteiger partial charge in [-0.25, -0.2) is 9.50 Å². The number of nitriles is 1. The van der Waals surface area contributed by atoms with E-state index in [4.69, 9.17) is 9.72 Å². The Bertz CT molecular complexity index is 1510. The second-order valence-corrected chi connectivity index (χ2v) is 11.9. The number of aliphatic hydroxyl groups is 1. The molecule has 0 amide bonds. The van der Waals surface area contributed by atoms with Crippen LogP contribution in [0, 0.1) is 11.3 Å². The Morgan fingerprint density at radius 1 is 1.13 bits per heavy atom. The number of hydrogen-bond donors (Lipinski definition) is 1. The summed E-state index contributed by atoms with van der Waals surface area (Å²) >= 11 is 1.78. The van der Waals surface area contributed by atoms with E-state index in [2.05, 4.69) is 63.6 Å². The molecule has 4 aromatic rings. The predicted molar refractivity (Wildman–Crippen MR) is 153 cm³/mol. The summed E-state index contributed by atoms with van der Waals surface area (Å²) < 4.78 is 7.51. The van der Waals surface area contributed by atoms with E-state index in [1.54, 1.807) is 42.5 Å². The van der Waals surface area contributed by atoms with Gasteiger partial charge in [-0.1, -0.05) is 12.1 Å². The number of anilines is 1. The maximum Gasteiger partial charge on any atom is 0.138 e. The number of nitrogens with zero attached hydrogens (tertiary/aromatic N) is 6. The first-order valence-electron chi connectivity index (χ1n) is 13.2. The van der Waals surface area contributed by atoms with Crippen LogP contribution in [0.2, 0.25) is 0 Å². The van der Waals surface area contributed by atoms with Gasteiger partial charge in [-0.05, 0) is 62.4 Å².